The van der Waals surface area contributed by atoms with Gasteiger partial charge in [0.25, 0.3) is 5.92 Å². The Hall–Kier alpha value is -2.32. The van der Waals surface area contributed by atoms with E-state index in [-0.39, 0.29) is 35.7 Å². The van der Waals surface area contributed by atoms with Crippen LogP contribution in [0.25, 0.3) is 11.5 Å². The van der Waals surface area contributed by atoms with Crippen molar-refractivity contribution in [2.45, 2.75) is 109 Å². The topological polar surface area (TPSA) is 47.9 Å². The number of nitrogens with zero attached hydrogens (tertiary/aromatic N) is 3. The Balaban J connectivity index is 1.61. The van der Waals surface area contributed by atoms with Crippen molar-refractivity contribution in [2.75, 3.05) is 6.61 Å². The number of pyridine rings is 1. The third kappa shape index (κ3) is 7.84. The van der Waals surface area contributed by atoms with Crippen molar-refractivity contribution >= 4 is 0 Å². The third-order valence-corrected chi connectivity index (χ3v) is 7.04. The summed E-state index contributed by atoms with van der Waals surface area (Å²) < 4.78 is 78.0. The second-order valence-electron chi connectivity index (χ2n) is 9.98. The fraction of sp³-hybridized carbons (Fsp3) is 0.679. The van der Waals surface area contributed by atoms with Crippen molar-refractivity contribution in [2.24, 2.45) is 5.92 Å². The predicted octanol–water partition coefficient (Wildman–Crippen LogP) is 8.33. The number of alkyl halides is 4. The number of ether oxygens (including phenoxy) is 1. The van der Waals surface area contributed by atoms with E-state index in [0.29, 0.717) is 25.7 Å². The molecule has 0 amide bonds. The van der Waals surface area contributed by atoms with Crippen LogP contribution in [0.15, 0.2) is 18.5 Å². The number of unbranched alkanes of at least 4 members (excludes halogenated alkanes) is 6. The lowest BCUT2D eigenvalue weighted by molar-refractivity contribution is -0.0824. The summed E-state index contributed by atoms with van der Waals surface area (Å²) in [4.78, 5) is 11.9. The molecule has 3 unspecified atom stereocenters. The fourth-order valence-electron chi connectivity index (χ4n) is 4.88. The summed E-state index contributed by atoms with van der Waals surface area (Å²) in [5.41, 5.74) is -0.353. The zero-order valence-electron chi connectivity index (χ0n) is 21.8. The standard InChI is InChI=1S/C28H38F5N3O/c1-3-5-6-7-8-9-10-12-20-14-13-19-15-24(36-26(31)25(19)28(20,32)33)27-34-16-21(17-35-27)37-18-23(30)22(29)11-4-2/h15-17,20,22-23H,3-14,18H2,1-2H3. The highest BCUT2D eigenvalue weighted by Gasteiger charge is 2.47. The molecule has 0 N–H and O–H groups in total. The second kappa shape index (κ2) is 14.0. The molecule has 2 aromatic heterocycles. The molecule has 9 heteroatoms. The van der Waals surface area contributed by atoms with Crippen molar-refractivity contribution in [1.82, 2.24) is 15.0 Å². The lowest BCUT2D eigenvalue weighted by atomic mass is 9.78. The van der Waals surface area contributed by atoms with E-state index in [2.05, 4.69) is 21.9 Å². The van der Waals surface area contributed by atoms with Gasteiger partial charge in [0, 0.05) is 5.92 Å². The first-order valence-corrected chi connectivity index (χ1v) is 13.6. The minimum atomic E-state index is -3.28. The molecule has 0 spiro atoms. The van der Waals surface area contributed by atoms with Gasteiger partial charge in [-0.3, -0.25) is 0 Å². The fourth-order valence-corrected chi connectivity index (χ4v) is 4.88. The maximum atomic E-state index is 15.3. The molecule has 0 fully saturated rings. The Labute approximate surface area is 216 Å². The smallest absolute Gasteiger partial charge is 0.280 e. The molecule has 3 atom stereocenters. The van der Waals surface area contributed by atoms with Gasteiger partial charge < -0.3 is 4.74 Å². The van der Waals surface area contributed by atoms with Gasteiger partial charge in [0.1, 0.15) is 18.5 Å². The van der Waals surface area contributed by atoms with Gasteiger partial charge in [0.05, 0.1) is 18.0 Å². The van der Waals surface area contributed by atoms with E-state index in [4.69, 9.17) is 4.74 Å². The van der Waals surface area contributed by atoms with Crippen LogP contribution in [0.1, 0.15) is 95.6 Å². The van der Waals surface area contributed by atoms with Gasteiger partial charge in [0.15, 0.2) is 17.7 Å². The molecular weight excluding hydrogens is 489 g/mol. The molecule has 0 bridgehead atoms. The molecular formula is C28H38F5N3O. The molecule has 0 radical (unpaired) electrons. The van der Waals surface area contributed by atoms with E-state index >= 15 is 8.78 Å². The van der Waals surface area contributed by atoms with Crippen molar-refractivity contribution in [3.05, 3.63) is 35.5 Å². The average molecular weight is 528 g/mol. The van der Waals surface area contributed by atoms with Crippen LogP contribution in [0, 0.1) is 11.9 Å². The minimum Gasteiger partial charge on any atom is -0.487 e. The van der Waals surface area contributed by atoms with Crippen LogP contribution in [-0.4, -0.2) is 33.9 Å². The van der Waals surface area contributed by atoms with E-state index in [9.17, 15) is 13.2 Å². The van der Waals surface area contributed by atoms with E-state index in [0.717, 1.165) is 19.3 Å². The van der Waals surface area contributed by atoms with Crippen molar-refractivity contribution in [1.29, 1.82) is 0 Å². The number of aryl methyl sites for hydroxylation is 1. The summed E-state index contributed by atoms with van der Waals surface area (Å²) in [7, 11) is 0. The lowest BCUT2D eigenvalue weighted by Crippen LogP contribution is -2.33. The number of rotatable bonds is 15. The summed E-state index contributed by atoms with van der Waals surface area (Å²) in [5.74, 6) is -5.22. The van der Waals surface area contributed by atoms with Gasteiger partial charge in [0.2, 0.25) is 5.95 Å². The Kier molecular flexibility index (Phi) is 11.1. The highest BCUT2D eigenvalue weighted by atomic mass is 19.3. The van der Waals surface area contributed by atoms with E-state index < -0.39 is 42.3 Å². The van der Waals surface area contributed by atoms with Crippen LogP contribution >= 0.6 is 0 Å². The molecule has 2 aromatic rings. The van der Waals surface area contributed by atoms with Gasteiger partial charge >= 0.3 is 0 Å². The molecule has 1 aliphatic carbocycles. The van der Waals surface area contributed by atoms with Gasteiger partial charge in [-0.25, -0.2) is 32.5 Å². The summed E-state index contributed by atoms with van der Waals surface area (Å²) in [6, 6.07) is 1.42. The van der Waals surface area contributed by atoms with E-state index in [1.54, 1.807) is 6.92 Å². The van der Waals surface area contributed by atoms with Crippen molar-refractivity contribution in [3.63, 3.8) is 0 Å². The van der Waals surface area contributed by atoms with E-state index in [1.807, 2.05) is 0 Å². The molecule has 0 saturated heterocycles. The monoisotopic (exact) mass is 527 g/mol. The molecule has 1 aliphatic rings. The summed E-state index contributed by atoms with van der Waals surface area (Å²) in [5, 5.41) is 0. The average Bonchev–Trinajstić information content (AvgIpc) is 2.87. The number of hydrogen-bond acceptors (Lipinski definition) is 4. The third-order valence-electron chi connectivity index (χ3n) is 7.04. The molecule has 4 nitrogen and oxygen atoms in total. The number of hydrogen-bond donors (Lipinski definition) is 0. The van der Waals surface area contributed by atoms with Gasteiger partial charge in [-0.15, -0.1) is 0 Å². The van der Waals surface area contributed by atoms with Crippen molar-refractivity contribution in [3.8, 4) is 17.3 Å². The Morgan fingerprint density at radius 2 is 1.65 bits per heavy atom. The minimum absolute atomic E-state index is 0.0358. The first-order chi connectivity index (χ1) is 17.8. The molecule has 3 rings (SSSR count). The largest absolute Gasteiger partial charge is 0.487 e. The van der Waals surface area contributed by atoms with Crippen LogP contribution in [0.3, 0.4) is 0 Å². The zero-order chi connectivity index (χ0) is 26.8. The zero-order valence-corrected chi connectivity index (χ0v) is 21.8. The Morgan fingerprint density at radius 3 is 2.32 bits per heavy atom. The first kappa shape index (κ1) is 29.2. The number of aromatic nitrogens is 3. The van der Waals surface area contributed by atoms with Crippen LogP contribution in [0.4, 0.5) is 22.0 Å². The van der Waals surface area contributed by atoms with Crippen LogP contribution in [0.2, 0.25) is 0 Å². The second-order valence-corrected chi connectivity index (χ2v) is 9.98. The SMILES string of the molecule is CCCCCCCCCC1CCc2cc(-c3ncc(OCC(F)C(F)CCC)cn3)nc(F)c2C1(F)F. The Morgan fingerprint density at radius 1 is 0.973 bits per heavy atom. The summed E-state index contributed by atoms with van der Waals surface area (Å²) >= 11 is 0. The number of fused-ring (bicyclic) bond motifs is 1. The molecule has 0 aliphatic heterocycles. The highest BCUT2D eigenvalue weighted by molar-refractivity contribution is 5.53. The van der Waals surface area contributed by atoms with Gasteiger partial charge in [-0.1, -0.05) is 65.2 Å². The predicted molar refractivity (Wildman–Crippen MR) is 134 cm³/mol. The highest BCUT2D eigenvalue weighted by Crippen LogP contribution is 2.47. The van der Waals surface area contributed by atoms with Crippen molar-refractivity contribution < 1.29 is 26.7 Å². The maximum Gasteiger partial charge on any atom is 0.280 e. The lowest BCUT2D eigenvalue weighted by Gasteiger charge is -2.33. The van der Waals surface area contributed by atoms with Gasteiger partial charge in [-0.2, -0.15) is 4.39 Å². The summed E-state index contributed by atoms with van der Waals surface area (Å²) in [6.45, 7) is 3.44. The normalized spacial score (nSPS) is 18.3. The first-order valence-electron chi connectivity index (χ1n) is 13.6. The molecule has 37 heavy (non-hydrogen) atoms. The van der Waals surface area contributed by atoms with Crippen LogP contribution < -0.4 is 4.74 Å². The molecule has 206 valence electrons. The van der Waals surface area contributed by atoms with E-state index in [1.165, 1.54) is 37.7 Å². The summed E-state index contributed by atoms with van der Waals surface area (Å²) in [6.07, 6.45) is 8.07. The van der Waals surface area contributed by atoms with Crippen LogP contribution in [-0.2, 0) is 12.3 Å². The quantitative estimate of drug-likeness (QED) is 0.133. The Bertz CT molecular complexity index is 973. The molecule has 0 aromatic carbocycles. The van der Waals surface area contributed by atoms with Crippen LogP contribution in [0.5, 0.6) is 5.75 Å². The van der Waals surface area contributed by atoms with Gasteiger partial charge in [-0.05, 0) is 37.3 Å². The maximum absolute atomic E-state index is 15.3. The number of halogens is 5. The molecule has 0 saturated carbocycles. The molecule has 2 heterocycles.